The lowest BCUT2D eigenvalue weighted by atomic mass is 10.1. The molecule has 2 unspecified atom stereocenters. The second-order valence-corrected chi connectivity index (χ2v) is 20.4. The molecule has 33 heteroatoms. The fourth-order valence-corrected chi connectivity index (χ4v) is 6.57. The Bertz CT molecular complexity index is 2700. The summed E-state index contributed by atoms with van der Waals surface area (Å²) < 4.78 is 132. The molecule has 2 amide bonds. The summed E-state index contributed by atoms with van der Waals surface area (Å²) in [4.78, 5) is 85.1. The van der Waals surface area contributed by atoms with Gasteiger partial charge in [0.05, 0.1) is 65.7 Å². The number of aromatic nitrogens is 3. The van der Waals surface area contributed by atoms with Crippen LogP contribution in [0.2, 0.25) is 5.02 Å². The number of halogens is 7. The summed E-state index contributed by atoms with van der Waals surface area (Å²) in [7, 11) is -6.85. The van der Waals surface area contributed by atoms with Crippen LogP contribution < -0.4 is 29.7 Å². The summed E-state index contributed by atoms with van der Waals surface area (Å²) in [5.41, 5.74) is -2.24. The number of aliphatic carboxylic acids is 1. The van der Waals surface area contributed by atoms with E-state index >= 15 is 0 Å². The molecule has 0 aliphatic carbocycles. The number of nitrogens with one attached hydrogen (secondary N) is 3. The van der Waals surface area contributed by atoms with E-state index in [1.54, 1.807) is 11.6 Å². The van der Waals surface area contributed by atoms with Gasteiger partial charge in [-0.25, -0.2) is 27.5 Å². The number of amides is 2. The molecule has 0 saturated carbocycles. The van der Waals surface area contributed by atoms with Gasteiger partial charge in [-0.05, 0) is 74.0 Å². The van der Waals surface area contributed by atoms with Crippen molar-refractivity contribution in [3.63, 3.8) is 0 Å². The Morgan fingerprint density at radius 3 is 2.12 bits per heavy atom. The molecule has 23 nitrogen and oxygen atoms in total. The Kier molecular flexibility index (Phi) is 26.0. The van der Waals surface area contributed by atoms with Gasteiger partial charge in [0.1, 0.15) is 30.5 Å². The topological polar surface area (TPSA) is 338 Å². The molecule has 0 aliphatic heterocycles. The summed E-state index contributed by atoms with van der Waals surface area (Å²) in [6.07, 6.45) is -6.26. The smallest absolute Gasteiger partial charge is 0.416 e. The highest BCUT2D eigenvalue weighted by molar-refractivity contribution is 7.94. The van der Waals surface area contributed by atoms with Crippen molar-refractivity contribution in [2.45, 2.75) is 57.0 Å². The van der Waals surface area contributed by atoms with E-state index in [0.29, 0.717) is 17.0 Å². The number of benzene rings is 3. The van der Waals surface area contributed by atoms with Crippen LogP contribution in [0.3, 0.4) is 0 Å². The molecule has 0 spiro atoms. The fraction of sp³-hybridized carbons (Fsp3) is 0.375. The Labute approximate surface area is 420 Å². The van der Waals surface area contributed by atoms with E-state index in [9.17, 15) is 73.5 Å². The SMILES string of the molecule is CCOC(=O)C(C)OC(=O)c1cc(Oc2ccc(C(F)(F)F)cc2Cl)ccc1[N+](=O)[O-].COc1nc(C)nc(NC(=O)NS(=O)(=O)c2ccccc2CCC(F)(F)F)n1.C[S+](C)C.O=C(O)CNCP(=O)([O-])O. The third kappa shape index (κ3) is 25.7. The largest absolute Gasteiger partial charge is 0.778 e. The molecule has 5 N–H and O–H groups in total. The molecule has 404 valence electrons. The average Bonchev–Trinajstić information content (AvgIpc) is 3.25. The van der Waals surface area contributed by atoms with Crippen molar-refractivity contribution in [1.82, 2.24) is 25.0 Å². The number of methoxy groups -OCH3 is 1. The Morgan fingerprint density at radius 1 is 0.986 bits per heavy atom. The van der Waals surface area contributed by atoms with Crippen LogP contribution in [-0.2, 0) is 57.1 Å². The molecule has 0 bridgehead atoms. The summed E-state index contributed by atoms with van der Waals surface area (Å²) in [6, 6.07) is 9.18. The van der Waals surface area contributed by atoms with Crippen molar-refractivity contribution in [3.8, 4) is 17.5 Å². The molecule has 2 atom stereocenters. The van der Waals surface area contributed by atoms with Crippen LogP contribution in [0.25, 0.3) is 0 Å². The van der Waals surface area contributed by atoms with Gasteiger partial charge in [-0.2, -0.15) is 41.3 Å². The lowest BCUT2D eigenvalue weighted by Crippen LogP contribution is -2.35. The Morgan fingerprint density at radius 2 is 1.60 bits per heavy atom. The van der Waals surface area contributed by atoms with Gasteiger partial charge < -0.3 is 38.4 Å². The molecule has 0 aliphatic rings. The van der Waals surface area contributed by atoms with Crippen molar-refractivity contribution >= 4 is 75.7 Å². The minimum absolute atomic E-state index is 0.0398. The number of alkyl halides is 6. The van der Waals surface area contributed by atoms with Crippen molar-refractivity contribution in [1.29, 1.82) is 0 Å². The standard InChI is InChI=1S/C19H15ClF3NO7.C15H16F3N5O4S.C3H8NO5P.C3H9S/c1-3-29-17(25)10(2)30-18(26)13-9-12(5-6-15(13)24(27)28)31-16-7-4-11(8-14(16)20)19(21,22)23;1-9-19-12(22-14(20-9)27-2)21-13(24)23-28(25,26)11-6-4-3-5-10(11)7-8-15(16,17)18;5-3(6)1-4-2-10(7,8)9;1-4(2)3/h4-10H,3H2,1-2H3;3-6H,7-8H2,1-2H3,(H2,19,20,21,22,23,24);4H,1-2H2,(H,5,6)(H2,7,8,9);1-3H3/q;;;+1/p-1. The number of urea groups is 1. The van der Waals surface area contributed by atoms with Crippen LogP contribution in [0.1, 0.15) is 47.6 Å². The highest BCUT2D eigenvalue weighted by atomic mass is 35.5. The predicted octanol–water partition coefficient (Wildman–Crippen LogP) is 6.02. The quantitative estimate of drug-likeness (QED) is 0.0201. The molecule has 3 aromatic carbocycles. The Hall–Kier alpha value is -6.37. The van der Waals surface area contributed by atoms with Gasteiger partial charge in [-0.3, -0.25) is 25.5 Å². The number of sulfonamides is 1. The second kappa shape index (κ2) is 29.4. The monoisotopic (exact) mass is 1130 g/mol. The van der Waals surface area contributed by atoms with E-state index in [1.165, 1.54) is 39.2 Å². The van der Waals surface area contributed by atoms with Gasteiger partial charge in [0.2, 0.25) is 5.95 Å². The number of ether oxygens (including phenoxy) is 4. The maximum atomic E-state index is 12.8. The van der Waals surface area contributed by atoms with Crippen molar-refractivity contribution in [2.75, 3.05) is 50.6 Å². The van der Waals surface area contributed by atoms with E-state index in [-0.39, 0.29) is 46.5 Å². The number of nitro benzene ring substituents is 1. The minimum Gasteiger partial charge on any atom is -0.778 e. The summed E-state index contributed by atoms with van der Waals surface area (Å²) in [5, 5.41) is 23.0. The number of hydrogen-bond donors (Lipinski definition) is 5. The first kappa shape index (κ1) is 64.6. The zero-order valence-corrected chi connectivity index (χ0v) is 42.5. The maximum Gasteiger partial charge on any atom is 0.416 e. The summed E-state index contributed by atoms with van der Waals surface area (Å²) >= 11 is 5.83. The number of rotatable bonds is 17. The molecule has 4 aromatic rings. The number of aryl methyl sites for hydroxylation is 2. The first-order chi connectivity index (χ1) is 33.6. The molecule has 0 saturated heterocycles. The lowest BCUT2D eigenvalue weighted by molar-refractivity contribution is -0.385. The summed E-state index contributed by atoms with van der Waals surface area (Å²) in [6.45, 7) is 3.83. The molecular weight excluding hydrogens is 1080 g/mol. The molecular formula is C40H47ClF6N7O16PS2. The third-order valence-corrected chi connectivity index (χ3v) is 10.0. The van der Waals surface area contributed by atoms with Crippen molar-refractivity contribution < 1.29 is 97.3 Å². The molecule has 1 heterocycles. The first-order valence-corrected chi connectivity index (χ1v) is 26.1. The fourth-order valence-electron chi connectivity index (χ4n) is 4.78. The lowest BCUT2D eigenvalue weighted by Gasteiger charge is -2.14. The van der Waals surface area contributed by atoms with Crippen LogP contribution in [0, 0.1) is 17.0 Å². The number of hydrogen-bond acceptors (Lipinski definition) is 18. The maximum absolute atomic E-state index is 12.8. The van der Waals surface area contributed by atoms with Gasteiger partial charge in [-0.15, -0.1) is 0 Å². The minimum atomic E-state index is -4.61. The molecule has 0 fully saturated rings. The van der Waals surface area contributed by atoms with E-state index in [2.05, 4.69) is 39.0 Å². The van der Waals surface area contributed by atoms with Gasteiger partial charge in [0.25, 0.3) is 15.7 Å². The van der Waals surface area contributed by atoms with Crippen molar-refractivity contribution in [2.24, 2.45) is 0 Å². The van der Waals surface area contributed by atoms with Gasteiger partial charge in [0, 0.05) is 18.6 Å². The van der Waals surface area contributed by atoms with Crippen LogP contribution in [0.15, 0.2) is 65.6 Å². The van der Waals surface area contributed by atoms with Gasteiger partial charge in [0.15, 0.2) is 6.10 Å². The van der Waals surface area contributed by atoms with E-state index in [0.717, 1.165) is 36.4 Å². The second-order valence-electron chi connectivity index (χ2n) is 14.3. The van der Waals surface area contributed by atoms with Crippen LogP contribution in [0.4, 0.5) is 42.8 Å². The van der Waals surface area contributed by atoms with Crippen LogP contribution in [-0.4, -0.2) is 120 Å². The van der Waals surface area contributed by atoms with Gasteiger partial charge >= 0.3 is 42.3 Å². The van der Waals surface area contributed by atoms with Crippen molar-refractivity contribution in [3.05, 3.63) is 98.3 Å². The number of nitro groups is 1. The molecule has 0 radical (unpaired) electrons. The number of esters is 2. The average molecular weight is 1130 g/mol. The number of nitrogens with zero attached hydrogens (tertiary/aromatic N) is 4. The molecule has 1 aromatic heterocycles. The zero-order chi connectivity index (χ0) is 56.1. The third-order valence-electron chi connectivity index (χ3n) is 7.66. The normalized spacial score (nSPS) is 12.3. The van der Waals surface area contributed by atoms with E-state index in [4.69, 9.17) is 40.5 Å². The first-order valence-electron chi connectivity index (χ1n) is 20.0. The number of anilines is 1. The summed E-state index contributed by atoms with van der Waals surface area (Å²) in [5.74, 6) is -3.58. The number of carbonyl (C=O) groups is 4. The molecule has 4 rings (SSSR count). The van der Waals surface area contributed by atoms with E-state index in [1.807, 2.05) is 5.32 Å². The van der Waals surface area contributed by atoms with Crippen LogP contribution in [0.5, 0.6) is 17.5 Å². The Balaban J connectivity index is 0.000000581. The highest BCUT2D eigenvalue weighted by Crippen LogP contribution is 2.37. The van der Waals surface area contributed by atoms with E-state index < -0.39 is 112 Å². The number of carboxylic acids is 1. The van der Waals surface area contributed by atoms with Crippen LogP contribution >= 0.6 is 19.2 Å². The number of carbonyl (C=O) groups excluding carboxylic acids is 3. The molecule has 73 heavy (non-hydrogen) atoms. The number of carboxylic acid groups (broad SMARTS) is 1. The van der Waals surface area contributed by atoms with Gasteiger partial charge in [-0.1, -0.05) is 29.8 Å². The predicted molar refractivity (Wildman–Crippen MR) is 248 cm³/mol. The zero-order valence-electron chi connectivity index (χ0n) is 39.2. The highest BCUT2D eigenvalue weighted by Gasteiger charge is 2.32.